The molecular formula is C51H85N5O12. The van der Waals surface area contributed by atoms with Gasteiger partial charge in [0.1, 0.15) is 30.0 Å². The number of carbonyl (C=O) groups excluding carboxylic acids is 2. The molecule has 17 nitrogen and oxygen atoms in total. The summed E-state index contributed by atoms with van der Waals surface area (Å²) in [7, 11) is 5.33. The number of carbonyl (C=O) groups is 2. The first-order chi connectivity index (χ1) is 31.7. The minimum absolute atomic E-state index is 0.0312. The molecule has 3 aliphatic rings. The highest BCUT2D eigenvalue weighted by atomic mass is 16.7. The van der Waals surface area contributed by atoms with E-state index in [1.807, 2.05) is 88.8 Å². The van der Waals surface area contributed by atoms with Gasteiger partial charge in [0.05, 0.1) is 47.2 Å². The maximum Gasteiger partial charge on any atom is 0.309 e. The second-order valence-corrected chi connectivity index (χ2v) is 21.5. The van der Waals surface area contributed by atoms with Gasteiger partial charge in [-0.2, -0.15) is 0 Å². The van der Waals surface area contributed by atoms with Crippen LogP contribution in [0.5, 0.6) is 0 Å². The van der Waals surface area contributed by atoms with Crippen molar-refractivity contribution >= 4 is 11.8 Å². The molecule has 3 saturated heterocycles. The fourth-order valence-corrected chi connectivity index (χ4v) is 11.4. The normalized spacial score (nSPS) is 40.6. The summed E-state index contributed by atoms with van der Waals surface area (Å²) in [6.07, 6.45) is -4.05. The Morgan fingerprint density at radius 2 is 1.63 bits per heavy atom. The van der Waals surface area contributed by atoms with E-state index in [2.05, 4.69) is 15.2 Å². The molecule has 386 valence electrons. The van der Waals surface area contributed by atoms with E-state index in [4.69, 9.17) is 23.7 Å². The third-order valence-electron chi connectivity index (χ3n) is 15.8. The van der Waals surface area contributed by atoms with Crippen molar-refractivity contribution in [3.05, 3.63) is 47.3 Å². The molecule has 1 aromatic carbocycles. The van der Waals surface area contributed by atoms with Crippen molar-refractivity contribution in [1.82, 2.24) is 24.8 Å². The van der Waals surface area contributed by atoms with Gasteiger partial charge < -0.3 is 59.0 Å². The summed E-state index contributed by atoms with van der Waals surface area (Å²) in [5.41, 5.74) is -1.87. The van der Waals surface area contributed by atoms with E-state index in [9.17, 15) is 35.1 Å². The van der Waals surface area contributed by atoms with Crippen molar-refractivity contribution in [2.24, 2.45) is 23.7 Å². The maximum absolute atomic E-state index is 14.6. The number of aromatic nitrogens is 3. The second kappa shape index (κ2) is 23.1. The second-order valence-electron chi connectivity index (χ2n) is 21.5. The van der Waals surface area contributed by atoms with Crippen LogP contribution in [0, 0.1) is 23.7 Å². The number of aliphatic hydroxyl groups is 5. The fraction of sp³-hybridized carbons (Fsp3) is 0.804. The molecular weight excluding hydrogens is 875 g/mol. The van der Waals surface area contributed by atoms with Crippen molar-refractivity contribution in [3.8, 4) is 0 Å². The van der Waals surface area contributed by atoms with Crippen LogP contribution in [0.15, 0.2) is 30.5 Å². The average Bonchev–Trinajstić information content (AvgIpc) is 3.74. The monoisotopic (exact) mass is 960 g/mol. The lowest BCUT2D eigenvalue weighted by Gasteiger charge is -2.51. The Morgan fingerprint density at radius 3 is 2.25 bits per heavy atom. The zero-order chi connectivity index (χ0) is 50.6. The maximum atomic E-state index is 14.6. The molecule has 0 aliphatic carbocycles. The van der Waals surface area contributed by atoms with E-state index in [1.165, 1.54) is 14.0 Å². The van der Waals surface area contributed by atoms with Crippen LogP contribution in [-0.4, -0.2) is 180 Å². The first-order valence-electron chi connectivity index (χ1n) is 24.8. The van der Waals surface area contributed by atoms with Crippen molar-refractivity contribution in [1.29, 1.82) is 0 Å². The number of hydrogen-bond acceptors (Lipinski definition) is 16. The minimum Gasteiger partial charge on any atom is -0.459 e. The van der Waals surface area contributed by atoms with E-state index in [0.29, 0.717) is 38.0 Å². The van der Waals surface area contributed by atoms with Gasteiger partial charge in [-0.1, -0.05) is 57.2 Å². The molecule has 5 rings (SSSR count). The number of cyclic esters (lactones) is 1. The Balaban J connectivity index is 1.44. The lowest BCUT2D eigenvalue weighted by atomic mass is 9.68. The van der Waals surface area contributed by atoms with Crippen LogP contribution < -0.4 is 0 Å². The topological polar surface area (TPSA) is 219 Å². The Labute approximate surface area is 404 Å². The van der Waals surface area contributed by atoms with Crippen molar-refractivity contribution in [2.45, 2.75) is 205 Å². The molecule has 2 aromatic rings. The van der Waals surface area contributed by atoms with Crippen LogP contribution in [0.4, 0.5) is 0 Å². The third kappa shape index (κ3) is 12.9. The smallest absolute Gasteiger partial charge is 0.309 e. The number of aryl methyl sites for hydroxylation is 2. The van der Waals surface area contributed by atoms with Crippen LogP contribution in [0.25, 0.3) is 0 Å². The number of Topliss-reactive ketones (excluding diaryl/α,β-unsaturated/α-hetero) is 1. The molecule has 17 heteroatoms. The molecule has 0 saturated carbocycles. The van der Waals surface area contributed by atoms with E-state index >= 15 is 0 Å². The predicted octanol–water partition coefficient (Wildman–Crippen LogP) is 3.82. The molecule has 4 heterocycles. The number of rotatable bonds is 13. The molecule has 18 atom stereocenters. The zero-order valence-corrected chi connectivity index (χ0v) is 43.2. The van der Waals surface area contributed by atoms with Crippen molar-refractivity contribution in [2.75, 3.05) is 34.3 Å². The number of hydrogen-bond donors (Lipinski definition) is 5. The highest BCUT2D eigenvalue weighted by molar-refractivity contribution is 5.94. The van der Waals surface area contributed by atoms with Crippen LogP contribution in [-0.2, 0) is 47.9 Å². The number of likely N-dealkylation sites (N-methyl/N-ethyl adjacent to an activating group) is 2. The summed E-state index contributed by atoms with van der Waals surface area (Å²) in [5.74, 6) is -3.09. The lowest BCUT2D eigenvalue weighted by Crippen LogP contribution is -2.62. The molecule has 1 unspecified atom stereocenters. The third-order valence-corrected chi connectivity index (χ3v) is 15.8. The lowest BCUT2D eigenvalue weighted by molar-refractivity contribution is -0.302. The highest BCUT2D eigenvalue weighted by Gasteiger charge is 2.55. The quantitative estimate of drug-likeness (QED) is 0.142. The Morgan fingerprint density at radius 1 is 0.971 bits per heavy atom. The number of benzene rings is 1. The van der Waals surface area contributed by atoms with E-state index in [1.54, 1.807) is 34.6 Å². The molecule has 0 amide bonds. The standard InChI is InChI=1S/C51H85N5O12/c1-15-41-51(11,63)44(59)33(6)55(13)27-29(2)25-49(9,62)46(31(4)42(32(5)47(61)67-41)40-26-50(10,64-14)45(60)35(8)66-40)68-48-43(58)39(24-30(3)65-48)54(12)22-21-38-28-56(53-52-38)23-20-36-16-18-37(19-17-36)34(7)57/h16-19,28-33,35,39-46,48,58-60,62-63H,15,20-27H2,1-14H3/t29-,30-,31+,32-,33-,35+,39+,40?,41-,42+,43-,44-,45+,46-,48+,49-,50-,51-/m1/s1. The van der Waals surface area contributed by atoms with Gasteiger partial charge in [-0.3, -0.25) is 14.3 Å². The summed E-state index contributed by atoms with van der Waals surface area (Å²) in [6.45, 7) is 21.1. The van der Waals surface area contributed by atoms with Crippen LogP contribution in [0.3, 0.4) is 0 Å². The van der Waals surface area contributed by atoms with Crippen LogP contribution >= 0.6 is 0 Å². The van der Waals surface area contributed by atoms with Gasteiger partial charge in [0.15, 0.2) is 12.1 Å². The summed E-state index contributed by atoms with van der Waals surface area (Å²) in [6, 6.07) is 6.64. The van der Waals surface area contributed by atoms with E-state index < -0.39 is 102 Å². The first-order valence-corrected chi connectivity index (χ1v) is 24.8. The number of ketones is 1. The Kier molecular flexibility index (Phi) is 19.0. The van der Waals surface area contributed by atoms with Gasteiger partial charge in [0.2, 0.25) is 0 Å². The average molecular weight is 960 g/mol. The largest absolute Gasteiger partial charge is 0.459 e. The molecule has 0 radical (unpaired) electrons. The molecule has 1 aromatic heterocycles. The first kappa shape index (κ1) is 56.0. The Hall–Kier alpha value is -2.94. The molecule has 5 N–H and O–H groups in total. The number of aliphatic hydroxyl groups excluding tert-OH is 3. The summed E-state index contributed by atoms with van der Waals surface area (Å²) < 4.78 is 34.0. The molecule has 3 aliphatic heterocycles. The number of nitrogens with zero attached hydrogens (tertiary/aromatic N) is 5. The van der Waals surface area contributed by atoms with Gasteiger partial charge in [-0.25, -0.2) is 0 Å². The van der Waals surface area contributed by atoms with Crippen LogP contribution in [0.2, 0.25) is 0 Å². The van der Waals surface area contributed by atoms with E-state index in [0.717, 1.165) is 17.7 Å². The number of methoxy groups -OCH3 is 1. The number of esters is 1. The fourth-order valence-electron chi connectivity index (χ4n) is 11.4. The minimum atomic E-state index is -1.81. The Bertz CT molecular complexity index is 1930. The van der Waals surface area contributed by atoms with Gasteiger partial charge in [0.25, 0.3) is 0 Å². The molecule has 68 heavy (non-hydrogen) atoms. The SMILES string of the molecule is CC[C@H]1OC(=O)[C@H](C)[C@@H](C2C[C@@](C)(OC)[C@@H](O)[C@H](C)O2)[C@H](C)[C@@H](O[C@@H]2O[C@H](C)C[C@H](N(C)CCc3cn(CCc4ccc(C(C)=O)cc4)nn3)[C@H]2O)[C@](C)(O)C[C@@H](C)CN(C)[C@H](C)[C@@H](O)[C@]1(C)O. The zero-order valence-electron chi connectivity index (χ0n) is 43.2. The van der Waals surface area contributed by atoms with Crippen LogP contribution in [0.1, 0.15) is 123 Å². The van der Waals surface area contributed by atoms with E-state index in [-0.39, 0.29) is 37.1 Å². The van der Waals surface area contributed by atoms with Crippen molar-refractivity contribution in [3.63, 3.8) is 0 Å². The summed E-state index contributed by atoms with van der Waals surface area (Å²) in [5, 5.41) is 68.7. The number of ether oxygens (including phenoxy) is 5. The summed E-state index contributed by atoms with van der Waals surface area (Å²) in [4.78, 5) is 30.3. The van der Waals surface area contributed by atoms with Crippen molar-refractivity contribution < 1.29 is 58.8 Å². The van der Waals surface area contributed by atoms with Gasteiger partial charge in [-0.15, -0.1) is 5.10 Å². The van der Waals surface area contributed by atoms with Gasteiger partial charge in [0, 0.05) is 69.3 Å². The molecule has 3 fully saturated rings. The summed E-state index contributed by atoms with van der Waals surface area (Å²) >= 11 is 0. The van der Waals surface area contributed by atoms with Gasteiger partial charge >= 0.3 is 5.97 Å². The highest BCUT2D eigenvalue weighted by Crippen LogP contribution is 2.45. The molecule has 0 bridgehead atoms. The molecule has 0 spiro atoms. The predicted molar refractivity (Wildman–Crippen MR) is 256 cm³/mol. The van der Waals surface area contributed by atoms with Gasteiger partial charge in [-0.05, 0) is 106 Å².